The maximum Gasteiger partial charge on any atom is 0.0524 e. The molecule has 2 heterocycles. The molecule has 0 aromatic carbocycles. The Kier molecular flexibility index (Phi) is 2.28. The first-order valence-electron chi connectivity index (χ1n) is 6.05. The standard InChI is InChI=1S/C12H19N3/c1-14-9-11(8-13-14)10-4-6-15(7-5-10)12-2-3-12/h8-10,12H,2-7H2,1H3. The van der Waals surface area contributed by atoms with Gasteiger partial charge in [0.25, 0.3) is 0 Å². The van der Waals surface area contributed by atoms with E-state index in [1.54, 1.807) is 0 Å². The van der Waals surface area contributed by atoms with Crippen molar-refractivity contribution in [3.8, 4) is 0 Å². The summed E-state index contributed by atoms with van der Waals surface area (Å²) in [7, 11) is 2.00. The molecular weight excluding hydrogens is 186 g/mol. The molecule has 0 atom stereocenters. The predicted octanol–water partition coefficient (Wildman–Crippen LogP) is 1.76. The van der Waals surface area contributed by atoms with E-state index in [-0.39, 0.29) is 0 Å². The summed E-state index contributed by atoms with van der Waals surface area (Å²) in [6.07, 6.45) is 9.74. The summed E-state index contributed by atoms with van der Waals surface area (Å²) in [5.41, 5.74) is 1.44. The van der Waals surface area contributed by atoms with E-state index in [9.17, 15) is 0 Å². The largest absolute Gasteiger partial charge is 0.300 e. The van der Waals surface area contributed by atoms with E-state index in [4.69, 9.17) is 0 Å². The lowest BCUT2D eigenvalue weighted by Gasteiger charge is -2.31. The molecule has 1 aliphatic carbocycles. The number of aryl methyl sites for hydroxylation is 1. The number of nitrogens with zero attached hydrogens (tertiary/aromatic N) is 3. The summed E-state index contributed by atoms with van der Waals surface area (Å²) >= 11 is 0. The van der Waals surface area contributed by atoms with Gasteiger partial charge in [0.2, 0.25) is 0 Å². The molecule has 0 N–H and O–H groups in total. The molecule has 1 aromatic heterocycles. The monoisotopic (exact) mass is 205 g/mol. The highest BCUT2D eigenvalue weighted by Gasteiger charge is 2.32. The van der Waals surface area contributed by atoms with Crippen LogP contribution in [0.2, 0.25) is 0 Å². The van der Waals surface area contributed by atoms with Crippen molar-refractivity contribution in [2.45, 2.75) is 37.6 Å². The van der Waals surface area contributed by atoms with Gasteiger partial charge in [0.05, 0.1) is 6.20 Å². The molecule has 2 aliphatic rings. The molecule has 15 heavy (non-hydrogen) atoms. The average molecular weight is 205 g/mol. The fourth-order valence-electron chi connectivity index (χ4n) is 2.69. The van der Waals surface area contributed by atoms with Crippen molar-refractivity contribution in [3.63, 3.8) is 0 Å². The van der Waals surface area contributed by atoms with Crippen LogP contribution in [0.3, 0.4) is 0 Å². The van der Waals surface area contributed by atoms with Crippen molar-refractivity contribution in [1.29, 1.82) is 0 Å². The minimum absolute atomic E-state index is 0.758. The minimum atomic E-state index is 0.758. The van der Waals surface area contributed by atoms with Gasteiger partial charge in [-0.3, -0.25) is 4.68 Å². The van der Waals surface area contributed by atoms with E-state index < -0.39 is 0 Å². The second-order valence-electron chi connectivity index (χ2n) is 4.99. The molecule has 1 aliphatic heterocycles. The Bertz CT molecular complexity index is 332. The van der Waals surface area contributed by atoms with E-state index in [2.05, 4.69) is 16.2 Å². The quantitative estimate of drug-likeness (QED) is 0.733. The average Bonchev–Trinajstić information content (AvgIpc) is 3.02. The maximum absolute atomic E-state index is 4.26. The summed E-state index contributed by atoms with van der Waals surface area (Å²) in [6.45, 7) is 2.59. The van der Waals surface area contributed by atoms with Crippen LogP contribution in [0.1, 0.15) is 37.2 Å². The summed E-state index contributed by atoms with van der Waals surface area (Å²) < 4.78 is 1.92. The molecule has 3 nitrogen and oxygen atoms in total. The highest BCUT2D eigenvalue weighted by atomic mass is 15.2. The fourth-order valence-corrected chi connectivity index (χ4v) is 2.69. The van der Waals surface area contributed by atoms with Crippen molar-refractivity contribution in [1.82, 2.24) is 14.7 Å². The molecule has 1 saturated heterocycles. The molecule has 1 saturated carbocycles. The fraction of sp³-hybridized carbons (Fsp3) is 0.750. The topological polar surface area (TPSA) is 21.1 Å². The van der Waals surface area contributed by atoms with Crippen LogP contribution in [0.15, 0.2) is 12.4 Å². The number of piperidine rings is 1. The van der Waals surface area contributed by atoms with Crippen molar-refractivity contribution >= 4 is 0 Å². The van der Waals surface area contributed by atoms with E-state index in [0.29, 0.717) is 0 Å². The number of rotatable bonds is 2. The molecule has 1 aromatic rings. The Balaban J connectivity index is 1.61. The smallest absolute Gasteiger partial charge is 0.0524 e. The second-order valence-corrected chi connectivity index (χ2v) is 4.99. The van der Waals surface area contributed by atoms with Gasteiger partial charge in [-0.1, -0.05) is 0 Å². The third-order valence-electron chi connectivity index (χ3n) is 3.79. The third-order valence-corrected chi connectivity index (χ3v) is 3.79. The normalized spacial score (nSPS) is 24.6. The molecule has 0 amide bonds. The van der Waals surface area contributed by atoms with Gasteiger partial charge in [-0.15, -0.1) is 0 Å². The Morgan fingerprint density at radius 2 is 1.93 bits per heavy atom. The number of likely N-dealkylation sites (tertiary alicyclic amines) is 1. The maximum atomic E-state index is 4.26. The molecule has 2 fully saturated rings. The van der Waals surface area contributed by atoms with Gasteiger partial charge in [0.15, 0.2) is 0 Å². The molecule has 0 spiro atoms. The number of hydrogen-bond acceptors (Lipinski definition) is 2. The Morgan fingerprint density at radius 1 is 1.20 bits per heavy atom. The minimum Gasteiger partial charge on any atom is -0.300 e. The van der Waals surface area contributed by atoms with E-state index >= 15 is 0 Å². The first-order valence-corrected chi connectivity index (χ1v) is 6.05. The number of aromatic nitrogens is 2. The zero-order valence-corrected chi connectivity index (χ0v) is 9.39. The highest BCUT2D eigenvalue weighted by molar-refractivity contribution is 5.12. The van der Waals surface area contributed by atoms with Crippen molar-refractivity contribution in [2.24, 2.45) is 7.05 Å². The van der Waals surface area contributed by atoms with Gasteiger partial charge in [0, 0.05) is 19.3 Å². The number of hydrogen-bond donors (Lipinski definition) is 0. The summed E-state index contributed by atoms with van der Waals surface area (Å²) in [5, 5.41) is 4.26. The molecular formula is C12H19N3. The van der Waals surface area contributed by atoms with Gasteiger partial charge in [-0.2, -0.15) is 5.10 Å². The zero-order valence-electron chi connectivity index (χ0n) is 9.39. The highest BCUT2D eigenvalue weighted by Crippen LogP contribution is 2.34. The van der Waals surface area contributed by atoms with E-state index in [1.165, 1.54) is 44.3 Å². The van der Waals surface area contributed by atoms with Crippen LogP contribution in [-0.4, -0.2) is 33.8 Å². The van der Waals surface area contributed by atoms with E-state index in [0.717, 1.165) is 12.0 Å². The van der Waals surface area contributed by atoms with Crippen LogP contribution in [0.5, 0.6) is 0 Å². The van der Waals surface area contributed by atoms with Crippen LogP contribution in [0.25, 0.3) is 0 Å². The lowest BCUT2D eigenvalue weighted by atomic mass is 9.91. The van der Waals surface area contributed by atoms with Crippen molar-refractivity contribution < 1.29 is 0 Å². The Morgan fingerprint density at radius 3 is 2.47 bits per heavy atom. The van der Waals surface area contributed by atoms with E-state index in [1.807, 2.05) is 17.9 Å². The van der Waals surface area contributed by atoms with Gasteiger partial charge in [-0.05, 0) is 50.3 Å². The van der Waals surface area contributed by atoms with Gasteiger partial charge >= 0.3 is 0 Å². The molecule has 3 rings (SSSR count). The molecule has 0 bridgehead atoms. The predicted molar refractivity (Wildman–Crippen MR) is 59.8 cm³/mol. The van der Waals surface area contributed by atoms with Gasteiger partial charge < -0.3 is 4.90 Å². The lowest BCUT2D eigenvalue weighted by molar-refractivity contribution is 0.203. The van der Waals surface area contributed by atoms with Crippen LogP contribution in [0, 0.1) is 0 Å². The summed E-state index contributed by atoms with van der Waals surface area (Å²) in [5.74, 6) is 0.758. The zero-order chi connectivity index (χ0) is 10.3. The third kappa shape index (κ3) is 1.93. The van der Waals surface area contributed by atoms with Crippen molar-refractivity contribution in [3.05, 3.63) is 18.0 Å². The van der Waals surface area contributed by atoms with Gasteiger partial charge in [0.1, 0.15) is 0 Å². The lowest BCUT2D eigenvalue weighted by Crippen LogP contribution is -2.34. The Hall–Kier alpha value is -0.830. The SMILES string of the molecule is Cn1cc(C2CCN(C3CC3)CC2)cn1. The summed E-state index contributed by atoms with van der Waals surface area (Å²) in [4.78, 5) is 2.67. The summed E-state index contributed by atoms with van der Waals surface area (Å²) in [6, 6.07) is 0.944. The van der Waals surface area contributed by atoms with Crippen LogP contribution in [-0.2, 0) is 7.05 Å². The van der Waals surface area contributed by atoms with Crippen LogP contribution in [0.4, 0.5) is 0 Å². The molecule has 82 valence electrons. The van der Waals surface area contributed by atoms with Crippen molar-refractivity contribution in [2.75, 3.05) is 13.1 Å². The van der Waals surface area contributed by atoms with Crippen LogP contribution < -0.4 is 0 Å². The molecule has 0 radical (unpaired) electrons. The first kappa shape index (κ1) is 9.40. The van der Waals surface area contributed by atoms with Gasteiger partial charge in [-0.25, -0.2) is 0 Å². The molecule has 0 unspecified atom stereocenters. The Labute approximate surface area is 91.1 Å². The van der Waals surface area contributed by atoms with Crippen LogP contribution >= 0.6 is 0 Å². The second kappa shape index (κ2) is 3.63. The molecule has 3 heteroatoms. The first-order chi connectivity index (χ1) is 7.33.